The third-order valence-corrected chi connectivity index (χ3v) is 3.16. The monoisotopic (exact) mass is 272 g/mol. The standard InChI is InChI=1S/C14H13ClN4/c1-2-7-19-14(17)11(9-16)13(18-19)8-10-5-3-4-6-12(10)15/h2-6H,1,7-8,17H2. The molecule has 0 aliphatic rings. The Morgan fingerprint density at radius 3 is 2.84 bits per heavy atom. The van der Waals surface area contributed by atoms with Gasteiger partial charge in [-0.05, 0) is 11.6 Å². The largest absolute Gasteiger partial charge is 0.383 e. The van der Waals surface area contributed by atoms with Gasteiger partial charge in [0.25, 0.3) is 0 Å². The van der Waals surface area contributed by atoms with Crippen LogP contribution in [0.5, 0.6) is 0 Å². The second-order valence-corrected chi connectivity index (χ2v) is 4.46. The fourth-order valence-electron chi connectivity index (χ4n) is 1.86. The molecule has 0 unspecified atom stereocenters. The van der Waals surface area contributed by atoms with Gasteiger partial charge in [-0.25, -0.2) is 4.68 Å². The molecule has 1 aromatic carbocycles. The normalized spacial score (nSPS) is 10.1. The molecule has 19 heavy (non-hydrogen) atoms. The van der Waals surface area contributed by atoms with Crippen LogP contribution in [0, 0.1) is 11.3 Å². The number of anilines is 1. The minimum absolute atomic E-state index is 0.365. The first kappa shape index (κ1) is 13.2. The van der Waals surface area contributed by atoms with E-state index in [1.807, 2.05) is 24.3 Å². The van der Waals surface area contributed by atoms with Gasteiger partial charge in [-0.2, -0.15) is 10.4 Å². The first-order chi connectivity index (χ1) is 9.17. The summed E-state index contributed by atoms with van der Waals surface area (Å²) < 4.78 is 1.57. The topological polar surface area (TPSA) is 67.6 Å². The highest BCUT2D eigenvalue weighted by atomic mass is 35.5. The number of allylic oxidation sites excluding steroid dienone is 1. The molecule has 2 aromatic rings. The van der Waals surface area contributed by atoms with Gasteiger partial charge in [0.2, 0.25) is 0 Å². The van der Waals surface area contributed by atoms with E-state index in [0.717, 1.165) is 5.56 Å². The SMILES string of the molecule is C=CCn1nc(Cc2ccccc2Cl)c(C#N)c1N. The fraction of sp³-hybridized carbons (Fsp3) is 0.143. The zero-order valence-electron chi connectivity index (χ0n) is 10.3. The van der Waals surface area contributed by atoms with Crippen LogP contribution in [0.2, 0.25) is 5.02 Å². The molecular formula is C14H13ClN4. The lowest BCUT2D eigenvalue weighted by Crippen LogP contribution is -2.03. The zero-order valence-corrected chi connectivity index (χ0v) is 11.1. The van der Waals surface area contributed by atoms with Crippen LogP contribution >= 0.6 is 11.6 Å². The predicted octanol–water partition coefficient (Wildman–Crippen LogP) is 2.77. The number of hydrogen-bond donors (Lipinski definition) is 1. The van der Waals surface area contributed by atoms with Crippen molar-refractivity contribution in [3.05, 3.63) is 58.8 Å². The molecule has 0 radical (unpaired) electrons. The Morgan fingerprint density at radius 2 is 2.21 bits per heavy atom. The molecule has 0 saturated carbocycles. The van der Waals surface area contributed by atoms with Gasteiger partial charge < -0.3 is 5.73 Å². The average molecular weight is 273 g/mol. The molecule has 0 amide bonds. The van der Waals surface area contributed by atoms with Crippen molar-refractivity contribution in [3.63, 3.8) is 0 Å². The lowest BCUT2D eigenvalue weighted by Gasteiger charge is -2.01. The Labute approximate surface area is 116 Å². The maximum Gasteiger partial charge on any atom is 0.140 e. The molecule has 2 N–H and O–H groups in total. The Morgan fingerprint density at radius 1 is 1.47 bits per heavy atom. The summed E-state index contributed by atoms with van der Waals surface area (Å²) in [5.74, 6) is 0.365. The van der Waals surface area contributed by atoms with Crippen LogP contribution in [0.1, 0.15) is 16.8 Å². The smallest absolute Gasteiger partial charge is 0.140 e. The maximum atomic E-state index is 9.19. The predicted molar refractivity (Wildman–Crippen MR) is 75.8 cm³/mol. The van der Waals surface area contributed by atoms with Crippen molar-refractivity contribution in [1.82, 2.24) is 9.78 Å². The van der Waals surface area contributed by atoms with Gasteiger partial charge in [-0.1, -0.05) is 35.9 Å². The summed E-state index contributed by atoms with van der Waals surface area (Å²) in [5, 5.41) is 14.2. The second-order valence-electron chi connectivity index (χ2n) is 4.06. The van der Waals surface area contributed by atoms with Crippen molar-refractivity contribution in [1.29, 1.82) is 5.26 Å². The molecule has 0 spiro atoms. The van der Waals surface area contributed by atoms with Crippen molar-refractivity contribution >= 4 is 17.4 Å². The maximum absolute atomic E-state index is 9.19. The Hall–Kier alpha value is -2.25. The third kappa shape index (κ3) is 2.61. The molecule has 1 aromatic heterocycles. The second kappa shape index (κ2) is 5.59. The van der Waals surface area contributed by atoms with Gasteiger partial charge in [0.05, 0.1) is 12.2 Å². The molecule has 96 valence electrons. The molecule has 2 rings (SSSR count). The van der Waals surface area contributed by atoms with Crippen molar-refractivity contribution < 1.29 is 0 Å². The van der Waals surface area contributed by atoms with Gasteiger partial charge in [-0.15, -0.1) is 6.58 Å². The molecule has 0 bridgehead atoms. The van der Waals surface area contributed by atoms with Crippen LogP contribution in [-0.2, 0) is 13.0 Å². The summed E-state index contributed by atoms with van der Waals surface area (Å²) in [6.45, 7) is 4.11. The van der Waals surface area contributed by atoms with E-state index in [4.69, 9.17) is 17.3 Å². The first-order valence-electron chi connectivity index (χ1n) is 5.77. The van der Waals surface area contributed by atoms with E-state index < -0.39 is 0 Å². The van der Waals surface area contributed by atoms with Crippen LogP contribution in [-0.4, -0.2) is 9.78 Å². The van der Waals surface area contributed by atoms with E-state index in [0.29, 0.717) is 35.1 Å². The fourth-order valence-corrected chi connectivity index (χ4v) is 2.06. The number of nitrogens with zero attached hydrogens (tertiary/aromatic N) is 3. The molecule has 1 heterocycles. The van der Waals surface area contributed by atoms with Crippen LogP contribution in [0.25, 0.3) is 0 Å². The number of hydrogen-bond acceptors (Lipinski definition) is 3. The summed E-state index contributed by atoms with van der Waals surface area (Å²) in [5.41, 5.74) is 7.85. The van der Waals surface area contributed by atoms with E-state index in [1.165, 1.54) is 0 Å². The number of halogens is 1. The van der Waals surface area contributed by atoms with Gasteiger partial charge in [0.1, 0.15) is 17.5 Å². The summed E-state index contributed by atoms with van der Waals surface area (Å²) >= 11 is 6.11. The highest BCUT2D eigenvalue weighted by molar-refractivity contribution is 6.31. The van der Waals surface area contributed by atoms with E-state index >= 15 is 0 Å². The quantitative estimate of drug-likeness (QED) is 0.870. The molecule has 5 heteroatoms. The van der Waals surface area contributed by atoms with Crippen LogP contribution in [0.4, 0.5) is 5.82 Å². The number of benzene rings is 1. The van der Waals surface area contributed by atoms with Crippen molar-refractivity contribution in [2.75, 3.05) is 5.73 Å². The zero-order chi connectivity index (χ0) is 13.8. The molecule has 0 aliphatic heterocycles. The number of aromatic nitrogens is 2. The molecule has 0 aliphatic carbocycles. The van der Waals surface area contributed by atoms with Crippen molar-refractivity contribution in [3.8, 4) is 6.07 Å². The van der Waals surface area contributed by atoms with Gasteiger partial charge >= 0.3 is 0 Å². The molecule has 4 nitrogen and oxygen atoms in total. The van der Waals surface area contributed by atoms with Gasteiger partial charge in [-0.3, -0.25) is 0 Å². The molecule has 0 saturated heterocycles. The number of nitriles is 1. The highest BCUT2D eigenvalue weighted by Gasteiger charge is 2.15. The Bertz CT molecular complexity index is 652. The number of rotatable bonds is 4. The lowest BCUT2D eigenvalue weighted by molar-refractivity contribution is 0.699. The molecule has 0 atom stereocenters. The molecular weight excluding hydrogens is 260 g/mol. The van der Waals surface area contributed by atoms with Gasteiger partial charge in [0.15, 0.2) is 0 Å². The Balaban J connectivity index is 2.41. The van der Waals surface area contributed by atoms with Crippen LogP contribution in [0.3, 0.4) is 0 Å². The van der Waals surface area contributed by atoms with Gasteiger partial charge in [0, 0.05) is 11.4 Å². The summed E-state index contributed by atoms with van der Waals surface area (Å²) in [4.78, 5) is 0. The van der Waals surface area contributed by atoms with E-state index in [1.54, 1.807) is 10.8 Å². The minimum atomic E-state index is 0.365. The first-order valence-corrected chi connectivity index (χ1v) is 6.14. The van der Waals surface area contributed by atoms with E-state index in [9.17, 15) is 5.26 Å². The van der Waals surface area contributed by atoms with Crippen molar-refractivity contribution in [2.24, 2.45) is 0 Å². The summed E-state index contributed by atoms with van der Waals surface area (Å²) in [6.07, 6.45) is 2.17. The minimum Gasteiger partial charge on any atom is -0.383 e. The highest BCUT2D eigenvalue weighted by Crippen LogP contribution is 2.23. The van der Waals surface area contributed by atoms with Crippen LogP contribution in [0.15, 0.2) is 36.9 Å². The third-order valence-electron chi connectivity index (χ3n) is 2.79. The van der Waals surface area contributed by atoms with Crippen molar-refractivity contribution in [2.45, 2.75) is 13.0 Å². The molecule has 0 fully saturated rings. The summed E-state index contributed by atoms with van der Waals surface area (Å²) in [6, 6.07) is 9.58. The van der Waals surface area contributed by atoms with Crippen LogP contribution < -0.4 is 5.73 Å². The average Bonchev–Trinajstić information content (AvgIpc) is 2.69. The Kier molecular flexibility index (Phi) is 3.88. The summed E-state index contributed by atoms with van der Waals surface area (Å²) in [7, 11) is 0. The lowest BCUT2D eigenvalue weighted by atomic mass is 10.1. The van der Waals surface area contributed by atoms with E-state index in [2.05, 4.69) is 17.7 Å². The van der Waals surface area contributed by atoms with E-state index in [-0.39, 0.29) is 0 Å². The number of nitrogen functional groups attached to an aromatic ring is 1. The number of nitrogens with two attached hydrogens (primary N) is 1.